The first-order valence-corrected chi connectivity index (χ1v) is 12.1. The Balaban J connectivity index is 1.13. The molecule has 4 aromatic rings. The van der Waals surface area contributed by atoms with Gasteiger partial charge in [-0.25, -0.2) is 9.97 Å². The highest BCUT2D eigenvalue weighted by atomic mass is 32.2. The molecule has 0 amide bonds. The highest BCUT2D eigenvalue weighted by Gasteiger charge is 2.13. The van der Waals surface area contributed by atoms with Gasteiger partial charge in [-0.1, -0.05) is 47.8 Å². The van der Waals surface area contributed by atoms with E-state index in [0.29, 0.717) is 10.1 Å². The number of ether oxygens (including phenoxy) is 2. The highest BCUT2D eigenvalue weighted by Crippen LogP contribution is 2.19. The number of nitrogens with zero attached hydrogens (tertiary/aromatic N) is 4. The van der Waals surface area contributed by atoms with E-state index in [1.807, 2.05) is 48.5 Å². The van der Waals surface area contributed by atoms with Crippen LogP contribution in [0.5, 0.6) is 0 Å². The number of Topliss-reactive ketones (excluding diaryl/α,β-unsaturated/α-hetero) is 1. The molecular weight excluding hydrogens is 476 g/mol. The summed E-state index contributed by atoms with van der Waals surface area (Å²) < 4.78 is 9.89. The van der Waals surface area contributed by atoms with Gasteiger partial charge in [-0.15, -0.1) is 0 Å². The van der Waals surface area contributed by atoms with Gasteiger partial charge in [-0.05, 0) is 24.3 Å². The predicted octanol–water partition coefficient (Wildman–Crippen LogP) is 3.11. The Hall–Kier alpha value is -3.57. The maximum atomic E-state index is 11.9. The number of carbonyl (C=O) groups excluding carboxylic acids is 3. The minimum absolute atomic E-state index is 0.0243. The zero-order valence-corrected chi connectivity index (χ0v) is 19.4. The van der Waals surface area contributed by atoms with E-state index in [2.05, 4.69) is 19.9 Å². The van der Waals surface area contributed by atoms with Crippen LogP contribution in [0.2, 0.25) is 0 Å². The average molecular weight is 495 g/mol. The molecule has 0 fully saturated rings. The summed E-state index contributed by atoms with van der Waals surface area (Å²) >= 11 is 2.32. The van der Waals surface area contributed by atoms with Crippen LogP contribution < -0.4 is 0 Å². The first-order chi connectivity index (χ1) is 16.6. The van der Waals surface area contributed by atoms with Crippen LogP contribution in [0.3, 0.4) is 0 Å². The van der Waals surface area contributed by atoms with Crippen LogP contribution >= 0.6 is 23.5 Å². The molecule has 0 saturated heterocycles. The minimum atomic E-state index is -0.579. The van der Waals surface area contributed by atoms with E-state index < -0.39 is 30.9 Å². The lowest BCUT2D eigenvalue weighted by Gasteiger charge is -2.06. The Kier molecular flexibility index (Phi) is 7.99. The van der Waals surface area contributed by atoms with Crippen molar-refractivity contribution in [2.24, 2.45) is 0 Å². The van der Waals surface area contributed by atoms with E-state index in [4.69, 9.17) is 9.47 Å². The molecule has 0 unspecified atom stereocenters. The smallest absolute Gasteiger partial charge is 0.316 e. The third-order valence-electron chi connectivity index (χ3n) is 4.32. The summed E-state index contributed by atoms with van der Waals surface area (Å²) in [6.07, 6.45) is 3.15. The van der Waals surface area contributed by atoms with Crippen molar-refractivity contribution >= 4 is 63.3 Å². The van der Waals surface area contributed by atoms with Gasteiger partial charge in [-0.2, -0.15) is 0 Å². The third kappa shape index (κ3) is 6.72. The topological polar surface area (TPSA) is 121 Å². The van der Waals surface area contributed by atoms with E-state index in [1.165, 1.54) is 0 Å². The second-order valence-corrected chi connectivity index (χ2v) is 8.82. The van der Waals surface area contributed by atoms with Gasteiger partial charge in [0.15, 0.2) is 13.2 Å². The Labute approximate surface area is 202 Å². The van der Waals surface area contributed by atoms with Gasteiger partial charge in [0.25, 0.3) is 0 Å². The molecule has 11 heteroatoms. The number of rotatable bonds is 10. The number of hydrogen-bond acceptors (Lipinski definition) is 11. The standard InChI is InChI=1S/C23H18N4O5S2/c28-15(11-31-22(29)13-33-20-9-24-16-5-1-3-7-18(16)26-20)12-32-23(30)14-34-21-10-25-17-6-2-4-8-19(17)27-21/h1-10H,11-14H2. The second kappa shape index (κ2) is 11.5. The Morgan fingerprint density at radius 1 is 0.647 bits per heavy atom. The highest BCUT2D eigenvalue weighted by molar-refractivity contribution is 8.00. The van der Waals surface area contributed by atoms with E-state index in [1.54, 1.807) is 12.4 Å². The first kappa shape index (κ1) is 23.6. The van der Waals surface area contributed by atoms with Crippen LogP contribution in [0, 0.1) is 0 Å². The first-order valence-electron chi connectivity index (χ1n) is 10.1. The molecule has 0 saturated carbocycles. The number of esters is 2. The van der Waals surface area contributed by atoms with Gasteiger partial charge >= 0.3 is 11.9 Å². The second-order valence-electron chi connectivity index (χ2n) is 6.83. The molecule has 2 heterocycles. The van der Waals surface area contributed by atoms with E-state index in [9.17, 15) is 14.4 Å². The summed E-state index contributed by atoms with van der Waals surface area (Å²) in [6.45, 7) is -0.946. The van der Waals surface area contributed by atoms with Crippen LogP contribution in [-0.2, 0) is 23.9 Å². The van der Waals surface area contributed by atoms with Crippen molar-refractivity contribution in [2.45, 2.75) is 10.1 Å². The van der Waals surface area contributed by atoms with Crippen LogP contribution in [-0.4, -0.2) is 62.4 Å². The number of benzene rings is 2. The fourth-order valence-corrected chi connectivity index (χ4v) is 4.01. The summed E-state index contributed by atoms with van der Waals surface area (Å²) in [5, 5.41) is 1.15. The van der Waals surface area contributed by atoms with Crippen LogP contribution in [0.25, 0.3) is 22.1 Å². The average Bonchev–Trinajstić information content (AvgIpc) is 2.88. The molecule has 34 heavy (non-hydrogen) atoms. The summed E-state index contributed by atoms with van der Waals surface area (Å²) in [5.41, 5.74) is 2.98. The largest absolute Gasteiger partial charge is 0.457 e. The van der Waals surface area contributed by atoms with Crippen molar-refractivity contribution in [1.82, 2.24) is 19.9 Å². The summed E-state index contributed by atoms with van der Waals surface area (Å²) in [4.78, 5) is 53.1. The van der Waals surface area contributed by atoms with Gasteiger partial charge < -0.3 is 9.47 Å². The number of aromatic nitrogens is 4. The number of hydrogen-bond donors (Lipinski definition) is 0. The number of carbonyl (C=O) groups is 3. The van der Waals surface area contributed by atoms with Crippen molar-refractivity contribution in [2.75, 3.05) is 24.7 Å². The number of thioether (sulfide) groups is 2. The molecule has 0 aliphatic rings. The lowest BCUT2D eigenvalue weighted by Crippen LogP contribution is -2.21. The molecule has 0 spiro atoms. The molecule has 2 aromatic heterocycles. The summed E-state index contributed by atoms with van der Waals surface area (Å²) in [5.74, 6) is -1.73. The third-order valence-corrected chi connectivity index (χ3v) is 6.06. The van der Waals surface area contributed by atoms with Crippen molar-refractivity contribution in [3.63, 3.8) is 0 Å². The zero-order chi connectivity index (χ0) is 23.8. The molecule has 9 nitrogen and oxygen atoms in total. The summed E-state index contributed by atoms with van der Waals surface area (Å²) in [7, 11) is 0. The van der Waals surface area contributed by atoms with E-state index in [-0.39, 0.29) is 11.5 Å². The quantitative estimate of drug-likeness (QED) is 0.239. The maximum absolute atomic E-state index is 11.9. The Bertz CT molecular complexity index is 1250. The summed E-state index contributed by atoms with van der Waals surface area (Å²) in [6, 6.07) is 14.8. The molecule has 0 radical (unpaired) electrons. The van der Waals surface area contributed by atoms with Gasteiger partial charge in [0.05, 0.1) is 46.0 Å². The van der Waals surface area contributed by atoms with Gasteiger partial charge in [0, 0.05) is 0 Å². The Morgan fingerprint density at radius 3 is 1.50 bits per heavy atom. The lowest BCUT2D eigenvalue weighted by atomic mass is 10.3. The molecular formula is C23H18N4O5S2. The predicted molar refractivity (Wildman–Crippen MR) is 127 cm³/mol. The number of fused-ring (bicyclic) bond motifs is 2. The molecule has 0 aliphatic heterocycles. The van der Waals surface area contributed by atoms with Gasteiger partial charge in [0.1, 0.15) is 10.1 Å². The zero-order valence-electron chi connectivity index (χ0n) is 17.7. The number of para-hydroxylation sites is 4. The van der Waals surface area contributed by atoms with E-state index in [0.717, 1.165) is 45.6 Å². The van der Waals surface area contributed by atoms with Crippen LogP contribution in [0.15, 0.2) is 71.0 Å². The molecule has 0 atom stereocenters. The minimum Gasteiger partial charge on any atom is -0.457 e. The molecule has 172 valence electrons. The van der Waals surface area contributed by atoms with Crippen LogP contribution in [0.4, 0.5) is 0 Å². The fraction of sp³-hybridized carbons (Fsp3) is 0.174. The molecule has 0 aliphatic carbocycles. The molecule has 0 bridgehead atoms. The molecule has 2 aromatic carbocycles. The molecule has 0 N–H and O–H groups in total. The van der Waals surface area contributed by atoms with Gasteiger partial charge in [0.2, 0.25) is 5.78 Å². The van der Waals surface area contributed by atoms with Crippen LogP contribution in [0.1, 0.15) is 0 Å². The fourth-order valence-electron chi connectivity index (χ4n) is 2.73. The lowest BCUT2D eigenvalue weighted by molar-refractivity contribution is -0.150. The normalized spacial score (nSPS) is 10.8. The van der Waals surface area contributed by atoms with Crippen molar-refractivity contribution in [3.8, 4) is 0 Å². The SMILES string of the molecule is O=C(COC(=O)CSc1cnc2ccccc2n1)COC(=O)CSc1cnc2ccccc2n1. The molecule has 4 rings (SSSR count). The monoisotopic (exact) mass is 494 g/mol. The Morgan fingerprint density at radius 2 is 1.06 bits per heavy atom. The van der Waals surface area contributed by atoms with Crippen molar-refractivity contribution < 1.29 is 23.9 Å². The maximum Gasteiger partial charge on any atom is 0.316 e. The van der Waals surface area contributed by atoms with E-state index >= 15 is 0 Å². The van der Waals surface area contributed by atoms with Crippen molar-refractivity contribution in [3.05, 3.63) is 60.9 Å². The van der Waals surface area contributed by atoms with Crippen molar-refractivity contribution in [1.29, 1.82) is 0 Å². The number of ketones is 1. The van der Waals surface area contributed by atoms with Gasteiger partial charge in [-0.3, -0.25) is 24.4 Å².